The molecule has 15 heavy (non-hydrogen) atoms. The lowest BCUT2D eigenvalue weighted by Gasteiger charge is -2.08. The van der Waals surface area contributed by atoms with Crippen LogP contribution < -0.4 is 0 Å². The van der Waals surface area contributed by atoms with E-state index in [1.807, 2.05) is 0 Å². The molecule has 0 N–H and O–H groups in total. The molecule has 0 saturated carbocycles. The molecule has 0 aliphatic rings. The minimum atomic E-state index is -2.69. The van der Waals surface area contributed by atoms with Gasteiger partial charge in [0.2, 0.25) is 0 Å². The second kappa shape index (κ2) is 5.15. The third-order valence-electron chi connectivity index (χ3n) is 1.62. The van der Waals surface area contributed by atoms with Gasteiger partial charge in [-0.3, -0.25) is 0 Å². The number of nitrogens with zero attached hydrogens (tertiary/aromatic N) is 1. The first kappa shape index (κ1) is 12.8. The second-order valence-corrected chi connectivity index (χ2v) is 4.30. The highest BCUT2D eigenvalue weighted by Crippen LogP contribution is 2.31. The molecule has 0 aliphatic carbocycles. The van der Waals surface area contributed by atoms with E-state index in [1.165, 1.54) is 7.11 Å². The van der Waals surface area contributed by atoms with Crippen LogP contribution in [0.1, 0.15) is 22.3 Å². The summed E-state index contributed by atoms with van der Waals surface area (Å²) >= 11 is 4.73. The van der Waals surface area contributed by atoms with E-state index in [4.69, 9.17) is 0 Å². The summed E-state index contributed by atoms with van der Waals surface area (Å²) in [6.07, 6.45) is -1.66. The first-order chi connectivity index (χ1) is 6.99. The molecule has 0 aromatic carbocycles. The quantitative estimate of drug-likeness (QED) is 0.441. The number of rotatable bonds is 2. The average Bonchev–Trinajstić information content (AvgIpc) is 2.16. The van der Waals surface area contributed by atoms with Crippen molar-refractivity contribution in [3.8, 4) is 0 Å². The monoisotopic (exact) mass is 391 g/mol. The number of aromatic nitrogens is 1. The van der Waals surface area contributed by atoms with Crippen LogP contribution in [0, 0.1) is 3.70 Å². The molecule has 0 bridgehead atoms. The van der Waals surface area contributed by atoms with Crippen LogP contribution in [0.2, 0.25) is 0 Å². The molecule has 0 radical (unpaired) electrons. The van der Waals surface area contributed by atoms with Gasteiger partial charge in [0, 0.05) is 10.7 Å². The highest BCUT2D eigenvalue weighted by molar-refractivity contribution is 14.1. The standard InChI is InChI=1S/C8H5BrF2INO2/c1-15-8(14)4-5(9)3(6(10)11)2-13-7(4)12/h2,6H,1H3. The van der Waals surface area contributed by atoms with E-state index >= 15 is 0 Å². The summed E-state index contributed by atoms with van der Waals surface area (Å²) in [5.41, 5.74) is -0.299. The molecule has 0 unspecified atom stereocenters. The maximum atomic E-state index is 12.5. The van der Waals surface area contributed by atoms with Crippen LogP contribution >= 0.6 is 38.5 Å². The number of carbonyl (C=O) groups is 1. The molecule has 82 valence electrons. The molecular weight excluding hydrogens is 387 g/mol. The molecule has 1 heterocycles. The number of ether oxygens (including phenoxy) is 1. The lowest BCUT2D eigenvalue weighted by molar-refractivity contribution is 0.0597. The Morgan fingerprint density at radius 2 is 2.27 bits per heavy atom. The minimum absolute atomic E-state index is 0.0240. The van der Waals surface area contributed by atoms with Crippen molar-refractivity contribution in [3.05, 3.63) is 25.5 Å². The number of pyridine rings is 1. The molecule has 0 fully saturated rings. The predicted octanol–water partition coefficient (Wildman–Crippen LogP) is 3.17. The summed E-state index contributed by atoms with van der Waals surface area (Å²) in [5, 5.41) is 0. The van der Waals surface area contributed by atoms with Gasteiger partial charge in [0.25, 0.3) is 6.43 Å². The third kappa shape index (κ3) is 2.63. The van der Waals surface area contributed by atoms with Crippen molar-refractivity contribution in [3.63, 3.8) is 0 Å². The van der Waals surface area contributed by atoms with Gasteiger partial charge < -0.3 is 4.74 Å². The SMILES string of the molecule is COC(=O)c1c(I)ncc(C(F)F)c1Br. The lowest BCUT2D eigenvalue weighted by atomic mass is 10.2. The van der Waals surface area contributed by atoms with E-state index in [0.29, 0.717) is 3.70 Å². The Kier molecular flexibility index (Phi) is 4.38. The van der Waals surface area contributed by atoms with Gasteiger partial charge >= 0.3 is 5.97 Å². The molecular formula is C8H5BrF2INO2. The summed E-state index contributed by atoms with van der Waals surface area (Å²) in [4.78, 5) is 15.0. The van der Waals surface area contributed by atoms with Gasteiger partial charge in [-0.05, 0) is 38.5 Å². The number of methoxy groups -OCH3 is 1. The Balaban J connectivity index is 3.36. The van der Waals surface area contributed by atoms with Crippen LogP contribution in [-0.4, -0.2) is 18.1 Å². The van der Waals surface area contributed by atoms with Crippen molar-refractivity contribution in [1.29, 1.82) is 0 Å². The molecule has 0 spiro atoms. The normalized spacial score (nSPS) is 10.5. The molecule has 7 heteroatoms. The largest absolute Gasteiger partial charge is 0.465 e. The maximum Gasteiger partial charge on any atom is 0.341 e. The van der Waals surface area contributed by atoms with Gasteiger partial charge in [0.15, 0.2) is 0 Å². The first-order valence-corrected chi connectivity index (χ1v) is 5.56. The van der Waals surface area contributed by atoms with Crippen molar-refractivity contribution in [2.45, 2.75) is 6.43 Å². The van der Waals surface area contributed by atoms with Gasteiger partial charge in [-0.2, -0.15) is 0 Å². The Morgan fingerprint density at radius 1 is 1.67 bits per heavy atom. The van der Waals surface area contributed by atoms with Crippen LogP contribution in [0.25, 0.3) is 0 Å². The average molecular weight is 392 g/mol. The van der Waals surface area contributed by atoms with Gasteiger partial charge in [-0.1, -0.05) is 0 Å². The Bertz CT molecular complexity index is 400. The molecule has 0 amide bonds. The van der Waals surface area contributed by atoms with Crippen LogP contribution in [0.4, 0.5) is 8.78 Å². The smallest absolute Gasteiger partial charge is 0.341 e. The zero-order valence-corrected chi connectivity index (χ0v) is 11.2. The number of hydrogen-bond acceptors (Lipinski definition) is 3. The highest BCUT2D eigenvalue weighted by Gasteiger charge is 2.22. The second-order valence-electron chi connectivity index (χ2n) is 2.49. The molecule has 0 atom stereocenters. The van der Waals surface area contributed by atoms with E-state index in [-0.39, 0.29) is 15.6 Å². The Morgan fingerprint density at radius 3 is 2.73 bits per heavy atom. The topological polar surface area (TPSA) is 39.2 Å². The number of esters is 1. The lowest BCUT2D eigenvalue weighted by Crippen LogP contribution is -2.08. The predicted molar refractivity (Wildman–Crippen MR) is 61.0 cm³/mol. The van der Waals surface area contributed by atoms with E-state index in [1.54, 1.807) is 22.6 Å². The van der Waals surface area contributed by atoms with Crippen molar-refractivity contribution in [2.75, 3.05) is 7.11 Å². The summed E-state index contributed by atoms with van der Waals surface area (Å²) in [7, 11) is 1.18. The van der Waals surface area contributed by atoms with Crippen molar-refractivity contribution in [2.24, 2.45) is 0 Å². The fourth-order valence-electron chi connectivity index (χ4n) is 0.910. The molecule has 1 rings (SSSR count). The molecule has 0 aliphatic heterocycles. The third-order valence-corrected chi connectivity index (χ3v) is 3.29. The zero-order valence-electron chi connectivity index (χ0n) is 7.43. The number of hydrogen-bond donors (Lipinski definition) is 0. The van der Waals surface area contributed by atoms with Crippen molar-refractivity contribution < 1.29 is 18.3 Å². The van der Waals surface area contributed by atoms with E-state index in [9.17, 15) is 13.6 Å². The summed E-state index contributed by atoms with van der Waals surface area (Å²) in [6, 6.07) is 0. The van der Waals surface area contributed by atoms with Gasteiger partial charge in [-0.25, -0.2) is 18.6 Å². The molecule has 0 saturated heterocycles. The Hall–Kier alpha value is -0.310. The van der Waals surface area contributed by atoms with E-state index in [2.05, 4.69) is 25.7 Å². The van der Waals surface area contributed by atoms with Gasteiger partial charge in [0.05, 0.1) is 12.7 Å². The maximum absolute atomic E-state index is 12.5. The molecule has 1 aromatic heterocycles. The minimum Gasteiger partial charge on any atom is -0.465 e. The highest BCUT2D eigenvalue weighted by atomic mass is 127. The van der Waals surface area contributed by atoms with Gasteiger partial charge in [-0.15, -0.1) is 0 Å². The van der Waals surface area contributed by atoms with E-state index < -0.39 is 12.4 Å². The summed E-state index contributed by atoms with van der Waals surface area (Å²) in [6.45, 7) is 0. The van der Waals surface area contributed by atoms with Crippen molar-refractivity contribution >= 4 is 44.5 Å². The van der Waals surface area contributed by atoms with Gasteiger partial charge in [0.1, 0.15) is 9.26 Å². The molecule has 1 aromatic rings. The summed E-state index contributed by atoms with van der Waals surface area (Å²) < 4.78 is 29.8. The Labute approximate surface area is 106 Å². The van der Waals surface area contributed by atoms with E-state index in [0.717, 1.165) is 6.20 Å². The van der Waals surface area contributed by atoms with Crippen LogP contribution in [0.5, 0.6) is 0 Å². The van der Waals surface area contributed by atoms with Crippen LogP contribution in [0.3, 0.4) is 0 Å². The molecule has 3 nitrogen and oxygen atoms in total. The zero-order chi connectivity index (χ0) is 11.6. The fraction of sp³-hybridized carbons (Fsp3) is 0.250. The number of halogens is 4. The first-order valence-electron chi connectivity index (χ1n) is 3.69. The summed E-state index contributed by atoms with van der Waals surface area (Å²) in [5.74, 6) is -0.693. The fourth-order valence-corrected chi connectivity index (χ4v) is 2.54. The van der Waals surface area contributed by atoms with Crippen molar-refractivity contribution in [1.82, 2.24) is 4.98 Å². The number of alkyl halides is 2. The van der Waals surface area contributed by atoms with Crippen LogP contribution in [-0.2, 0) is 4.74 Å². The van der Waals surface area contributed by atoms with Crippen LogP contribution in [0.15, 0.2) is 10.7 Å². The number of carbonyl (C=O) groups excluding carboxylic acids is 1.